The number of carbonyl (C=O) groups is 1. The molecule has 0 aliphatic rings. The van der Waals surface area contributed by atoms with Gasteiger partial charge in [-0.2, -0.15) is 0 Å². The predicted octanol–water partition coefficient (Wildman–Crippen LogP) is 2.82. The maximum Gasteiger partial charge on any atom is 0.291 e. The number of amidine groups is 1. The minimum atomic E-state index is -0.490. The average Bonchev–Trinajstić information content (AvgIpc) is 2.66. The van der Waals surface area contributed by atoms with Gasteiger partial charge < -0.3 is 14.2 Å². The van der Waals surface area contributed by atoms with Crippen LogP contribution in [0.1, 0.15) is 15.9 Å². The largest absolute Gasteiger partial charge is 0.493 e. The third-order valence-corrected chi connectivity index (χ3v) is 3.60. The van der Waals surface area contributed by atoms with E-state index in [1.807, 2.05) is 18.2 Å². The van der Waals surface area contributed by atoms with E-state index in [-0.39, 0.29) is 11.6 Å². The fourth-order valence-corrected chi connectivity index (χ4v) is 2.28. The van der Waals surface area contributed by atoms with Crippen LogP contribution >= 0.6 is 0 Å². The molecular weight excluding hydrogens is 339 g/mol. The molecule has 0 spiro atoms. The number of ether oxygens (including phenoxy) is 3. The molecule has 0 radical (unpaired) electrons. The fourth-order valence-electron chi connectivity index (χ4n) is 2.28. The molecule has 138 valence electrons. The van der Waals surface area contributed by atoms with Crippen LogP contribution in [-0.4, -0.2) is 39.8 Å². The summed E-state index contributed by atoms with van der Waals surface area (Å²) >= 11 is 0. The second-order valence-corrected chi connectivity index (χ2v) is 5.29. The van der Waals surface area contributed by atoms with Gasteiger partial charge in [0.15, 0.2) is 11.5 Å². The van der Waals surface area contributed by atoms with E-state index in [0.29, 0.717) is 24.5 Å². The maximum absolute atomic E-state index is 13.2. The number of hydrogen-bond acceptors (Lipinski definition) is 5. The van der Waals surface area contributed by atoms with Crippen LogP contribution in [0.4, 0.5) is 4.39 Å². The lowest BCUT2D eigenvalue weighted by atomic mass is 10.1. The van der Waals surface area contributed by atoms with E-state index in [1.165, 1.54) is 25.3 Å². The molecule has 0 fully saturated rings. The third kappa shape index (κ3) is 5.20. The van der Waals surface area contributed by atoms with Crippen molar-refractivity contribution in [3.05, 3.63) is 59.4 Å². The zero-order valence-corrected chi connectivity index (χ0v) is 14.9. The highest BCUT2D eigenvalue weighted by Crippen LogP contribution is 2.27. The van der Waals surface area contributed by atoms with Gasteiger partial charge in [-0.15, -0.1) is 0 Å². The second-order valence-electron chi connectivity index (χ2n) is 5.29. The first kappa shape index (κ1) is 19.2. The molecule has 1 amide bonds. The number of carbonyl (C=O) groups excluding carboxylic acids is 1. The molecule has 26 heavy (non-hydrogen) atoms. The van der Waals surface area contributed by atoms with Crippen LogP contribution in [0.3, 0.4) is 0 Å². The maximum atomic E-state index is 13.2. The van der Waals surface area contributed by atoms with Crippen LogP contribution < -0.4 is 14.8 Å². The van der Waals surface area contributed by atoms with E-state index in [2.05, 4.69) is 10.3 Å². The summed E-state index contributed by atoms with van der Waals surface area (Å²) in [5, 5.41) is 2.51. The normalized spacial score (nSPS) is 11.0. The quantitative estimate of drug-likeness (QED) is 0.635. The molecular formula is C19H21FN2O4. The van der Waals surface area contributed by atoms with Gasteiger partial charge in [0.25, 0.3) is 11.9 Å². The number of amides is 1. The number of benzene rings is 2. The molecule has 0 saturated heterocycles. The predicted molar refractivity (Wildman–Crippen MR) is 96.4 cm³/mol. The van der Waals surface area contributed by atoms with E-state index in [1.54, 1.807) is 14.2 Å². The van der Waals surface area contributed by atoms with Crippen molar-refractivity contribution in [2.75, 3.05) is 27.9 Å². The average molecular weight is 360 g/mol. The van der Waals surface area contributed by atoms with E-state index in [9.17, 15) is 9.18 Å². The summed E-state index contributed by atoms with van der Waals surface area (Å²) in [4.78, 5) is 16.3. The van der Waals surface area contributed by atoms with Gasteiger partial charge in [-0.3, -0.25) is 10.1 Å². The van der Waals surface area contributed by atoms with Gasteiger partial charge in [-0.05, 0) is 42.3 Å². The number of nitrogens with one attached hydrogen (secondary N) is 1. The standard InChI is InChI=1S/C19H21FN2O4/c1-24-16-8-7-13(11-17(16)25-2)9-10-21-19(26-3)22-18(23)14-5-4-6-15(20)12-14/h4-8,11-12H,9-10H2,1-3H3,(H,21,22,23). The molecule has 0 atom stereocenters. The summed E-state index contributed by atoms with van der Waals surface area (Å²) in [5.41, 5.74) is 1.19. The van der Waals surface area contributed by atoms with Crippen LogP contribution in [-0.2, 0) is 11.2 Å². The Bertz CT molecular complexity index is 793. The Morgan fingerprint density at radius 2 is 1.85 bits per heavy atom. The van der Waals surface area contributed by atoms with Crippen LogP contribution in [0.25, 0.3) is 0 Å². The molecule has 0 aliphatic heterocycles. The van der Waals surface area contributed by atoms with Crippen molar-refractivity contribution < 1.29 is 23.4 Å². The molecule has 2 aromatic carbocycles. The molecule has 1 N–H and O–H groups in total. The van der Waals surface area contributed by atoms with Crippen LogP contribution in [0.5, 0.6) is 11.5 Å². The minimum absolute atomic E-state index is 0.0692. The second kappa shape index (κ2) is 9.41. The van der Waals surface area contributed by atoms with Gasteiger partial charge >= 0.3 is 0 Å². The lowest BCUT2D eigenvalue weighted by Gasteiger charge is -2.10. The minimum Gasteiger partial charge on any atom is -0.493 e. The lowest BCUT2D eigenvalue weighted by Crippen LogP contribution is -2.32. The molecule has 2 rings (SSSR count). The van der Waals surface area contributed by atoms with E-state index >= 15 is 0 Å². The monoisotopic (exact) mass is 360 g/mol. The van der Waals surface area contributed by atoms with E-state index in [4.69, 9.17) is 14.2 Å². The summed E-state index contributed by atoms with van der Waals surface area (Å²) < 4.78 is 28.7. The van der Waals surface area contributed by atoms with Crippen LogP contribution in [0.2, 0.25) is 0 Å². The molecule has 0 heterocycles. The van der Waals surface area contributed by atoms with Gasteiger partial charge in [-0.1, -0.05) is 12.1 Å². The summed E-state index contributed by atoms with van der Waals surface area (Å²) in [6, 6.07) is 11.1. The number of halogens is 1. The third-order valence-electron chi connectivity index (χ3n) is 3.60. The van der Waals surface area contributed by atoms with E-state index < -0.39 is 11.7 Å². The van der Waals surface area contributed by atoms with Crippen molar-refractivity contribution in [2.45, 2.75) is 6.42 Å². The molecule has 0 saturated carbocycles. The van der Waals surface area contributed by atoms with Crippen molar-refractivity contribution in [3.63, 3.8) is 0 Å². The topological polar surface area (TPSA) is 69.2 Å². The smallest absolute Gasteiger partial charge is 0.291 e. The Balaban J connectivity index is 1.98. The van der Waals surface area contributed by atoms with Crippen molar-refractivity contribution in [3.8, 4) is 11.5 Å². The number of nitrogens with zero attached hydrogens (tertiary/aromatic N) is 1. The highest BCUT2D eigenvalue weighted by atomic mass is 19.1. The van der Waals surface area contributed by atoms with Crippen LogP contribution in [0.15, 0.2) is 47.5 Å². The summed E-state index contributed by atoms with van der Waals surface area (Å²) in [6.07, 6.45) is 0.614. The number of rotatable bonds is 6. The van der Waals surface area contributed by atoms with Gasteiger partial charge in [0, 0.05) is 12.1 Å². The Hall–Kier alpha value is -3.09. The first-order valence-corrected chi connectivity index (χ1v) is 7.93. The fraction of sp³-hybridized carbons (Fsp3) is 0.263. The highest BCUT2D eigenvalue weighted by Gasteiger charge is 2.10. The van der Waals surface area contributed by atoms with Crippen molar-refractivity contribution in [1.82, 2.24) is 5.32 Å². The first-order valence-electron chi connectivity index (χ1n) is 7.93. The van der Waals surface area contributed by atoms with Gasteiger partial charge in [0.2, 0.25) is 0 Å². The summed E-state index contributed by atoms with van der Waals surface area (Å²) in [6.45, 7) is 0.391. The highest BCUT2D eigenvalue weighted by molar-refractivity contribution is 6.04. The molecule has 6 nitrogen and oxygen atoms in total. The van der Waals surface area contributed by atoms with Crippen molar-refractivity contribution in [1.29, 1.82) is 0 Å². The van der Waals surface area contributed by atoms with E-state index in [0.717, 1.165) is 11.6 Å². The summed E-state index contributed by atoms with van der Waals surface area (Å²) in [5.74, 6) is 0.318. The Labute approximate surface area is 151 Å². The Kier molecular flexibility index (Phi) is 6.96. The zero-order chi connectivity index (χ0) is 18.9. The lowest BCUT2D eigenvalue weighted by molar-refractivity contribution is 0.0968. The first-order chi connectivity index (χ1) is 12.6. The molecule has 7 heteroatoms. The van der Waals surface area contributed by atoms with Gasteiger partial charge in [0.05, 0.1) is 21.3 Å². The molecule has 0 aliphatic carbocycles. The number of hydrogen-bond donors (Lipinski definition) is 1. The number of methoxy groups -OCH3 is 3. The van der Waals surface area contributed by atoms with Crippen molar-refractivity contribution in [2.24, 2.45) is 4.99 Å². The molecule has 2 aromatic rings. The molecule has 0 unspecified atom stereocenters. The SMILES string of the molecule is COC(=NCCc1ccc(OC)c(OC)c1)NC(=O)c1cccc(F)c1. The van der Waals surface area contributed by atoms with Gasteiger partial charge in [-0.25, -0.2) is 9.38 Å². The molecule has 0 bridgehead atoms. The summed E-state index contributed by atoms with van der Waals surface area (Å²) in [7, 11) is 4.56. The Morgan fingerprint density at radius 3 is 2.50 bits per heavy atom. The van der Waals surface area contributed by atoms with Crippen molar-refractivity contribution >= 4 is 11.9 Å². The van der Waals surface area contributed by atoms with Gasteiger partial charge in [0.1, 0.15) is 5.82 Å². The molecule has 0 aromatic heterocycles. The Morgan fingerprint density at radius 1 is 1.08 bits per heavy atom. The number of aliphatic imine (C=N–C) groups is 1. The zero-order valence-electron chi connectivity index (χ0n) is 14.9. The van der Waals surface area contributed by atoms with Crippen LogP contribution in [0, 0.1) is 5.82 Å².